The summed E-state index contributed by atoms with van der Waals surface area (Å²) in [4.78, 5) is 24.5. The van der Waals surface area contributed by atoms with E-state index in [1.165, 1.54) is 13.2 Å². The average Bonchev–Trinajstić information content (AvgIpc) is 2.59. The second-order valence-corrected chi connectivity index (χ2v) is 6.24. The standard InChI is InChI=1S/C19H21ClN2O4/c1-12(2)21-19(24)14-9-8-13(20)10-15(14)22-18(23)11-26-17-7-5-4-6-16(17)25-3/h4-10,12H,11H2,1-3H3,(H,21,24)(H,22,23). The summed E-state index contributed by atoms with van der Waals surface area (Å²) >= 11 is 5.99. The van der Waals surface area contributed by atoms with Crippen molar-refractivity contribution in [3.63, 3.8) is 0 Å². The van der Waals surface area contributed by atoms with E-state index < -0.39 is 5.91 Å². The van der Waals surface area contributed by atoms with Gasteiger partial charge in [-0.15, -0.1) is 0 Å². The molecule has 0 aliphatic carbocycles. The van der Waals surface area contributed by atoms with Crippen molar-refractivity contribution in [2.24, 2.45) is 0 Å². The Labute approximate surface area is 157 Å². The van der Waals surface area contributed by atoms with E-state index in [4.69, 9.17) is 21.1 Å². The van der Waals surface area contributed by atoms with E-state index in [0.29, 0.717) is 27.8 Å². The maximum atomic E-state index is 12.3. The monoisotopic (exact) mass is 376 g/mol. The van der Waals surface area contributed by atoms with E-state index in [2.05, 4.69) is 10.6 Å². The van der Waals surface area contributed by atoms with Gasteiger partial charge in [0.25, 0.3) is 11.8 Å². The minimum Gasteiger partial charge on any atom is -0.493 e. The summed E-state index contributed by atoms with van der Waals surface area (Å²) in [5.74, 6) is 0.267. The molecule has 0 bridgehead atoms. The van der Waals surface area contributed by atoms with Crippen LogP contribution < -0.4 is 20.1 Å². The number of rotatable bonds is 7. The van der Waals surface area contributed by atoms with Crippen LogP contribution in [-0.4, -0.2) is 31.6 Å². The Morgan fingerprint density at radius 2 is 1.81 bits per heavy atom. The van der Waals surface area contributed by atoms with Crippen molar-refractivity contribution >= 4 is 29.1 Å². The van der Waals surface area contributed by atoms with Crippen LogP contribution in [0.1, 0.15) is 24.2 Å². The van der Waals surface area contributed by atoms with Crippen molar-refractivity contribution in [2.75, 3.05) is 19.0 Å². The SMILES string of the molecule is COc1ccccc1OCC(=O)Nc1cc(Cl)ccc1C(=O)NC(C)C. The lowest BCUT2D eigenvalue weighted by Crippen LogP contribution is -2.31. The molecule has 138 valence electrons. The van der Waals surface area contributed by atoms with Gasteiger partial charge in [0.2, 0.25) is 0 Å². The molecule has 0 atom stereocenters. The maximum absolute atomic E-state index is 12.3. The minimum absolute atomic E-state index is 0.0318. The van der Waals surface area contributed by atoms with Gasteiger partial charge in [-0.2, -0.15) is 0 Å². The van der Waals surface area contributed by atoms with Gasteiger partial charge in [0.15, 0.2) is 18.1 Å². The molecule has 2 rings (SSSR count). The van der Waals surface area contributed by atoms with Gasteiger partial charge >= 0.3 is 0 Å². The lowest BCUT2D eigenvalue weighted by Gasteiger charge is -2.14. The van der Waals surface area contributed by atoms with Crippen molar-refractivity contribution < 1.29 is 19.1 Å². The number of hydrogen-bond acceptors (Lipinski definition) is 4. The molecule has 0 spiro atoms. The van der Waals surface area contributed by atoms with Crippen LogP contribution in [0.4, 0.5) is 5.69 Å². The predicted molar refractivity (Wildman–Crippen MR) is 101 cm³/mol. The molecule has 6 nitrogen and oxygen atoms in total. The highest BCUT2D eigenvalue weighted by atomic mass is 35.5. The summed E-state index contributed by atoms with van der Waals surface area (Å²) < 4.78 is 10.7. The molecule has 0 heterocycles. The third kappa shape index (κ3) is 5.39. The van der Waals surface area contributed by atoms with Crippen molar-refractivity contribution in [3.8, 4) is 11.5 Å². The largest absolute Gasteiger partial charge is 0.493 e. The number of nitrogens with one attached hydrogen (secondary N) is 2. The summed E-state index contributed by atoms with van der Waals surface area (Å²) in [7, 11) is 1.52. The predicted octanol–water partition coefficient (Wildman–Crippen LogP) is 3.50. The molecule has 0 fully saturated rings. The summed E-state index contributed by atoms with van der Waals surface area (Å²) in [6.45, 7) is 3.47. The molecule has 0 saturated heterocycles. The Balaban J connectivity index is 2.08. The molecular formula is C19H21ClN2O4. The first kappa shape index (κ1) is 19.6. The van der Waals surface area contributed by atoms with Crippen LogP contribution in [0.2, 0.25) is 5.02 Å². The molecule has 0 aliphatic rings. The smallest absolute Gasteiger partial charge is 0.262 e. The third-order valence-electron chi connectivity index (χ3n) is 3.35. The zero-order chi connectivity index (χ0) is 19.1. The van der Waals surface area contributed by atoms with Crippen molar-refractivity contribution in [2.45, 2.75) is 19.9 Å². The van der Waals surface area contributed by atoms with Crippen LogP contribution in [0.5, 0.6) is 11.5 Å². The number of hydrogen-bond donors (Lipinski definition) is 2. The number of para-hydroxylation sites is 2. The lowest BCUT2D eigenvalue weighted by atomic mass is 10.1. The van der Waals surface area contributed by atoms with Crippen LogP contribution in [0.15, 0.2) is 42.5 Å². The first-order chi connectivity index (χ1) is 12.4. The first-order valence-electron chi connectivity index (χ1n) is 8.06. The number of ether oxygens (including phenoxy) is 2. The van der Waals surface area contributed by atoms with Gasteiger partial charge in [0.05, 0.1) is 18.4 Å². The fourth-order valence-corrected chi connectivity index (χ4v) is 2.40. The Kier molecular flexibility index (Phi) is 6.86. The highest BCUT2D eigenvalue weighted by Crippen LogP contribution is 2.26. The van der Waals surface area contributed by atoms with Crippen LogP contribution in [-0.2, 0) is 4.79 Å². The van der Waals surface area contributed by atoms with Gasteiger partial charge in [0.1, 0.15) is 0 Å². The van der Waals surface area contributed by atoms with E-state index in [9.17, 15) is 9.59 Å². The molecule has 7 heteroatoms. The topological polar surface area (TPSA) is 76.7 Å². The molecule has 0 unspecified atom stereocenters. The zero-order valence-corrected chi connectivity index (χ0v) is 15.6. The summed E-state index contributed by atoms with van der Waals surface area (Å²) in [5, 5.41) is 5.86. The fraction of sp³-hybridized carbons (Fsp3) is 0.263. The lowest BCUT2D eigenvalue weighted by molar-refractivity contribution is -0.118. The number of methoxy groups -OCH3 is 1. The molecule has 2 aromatic rings. The normalized spacial score (nSPS) is 10.3. The summed E-state index contributed by atoms with van der Waals surface area (Å²) in [6, 6.07) is 11.7. The molecule has 2 aromatic carbocycles. The van der Waals surface area contributed by atoms with Crippen LogP contribution in [0, 0.1) is 0 Å². The Bertz CT molecular complexity index is 793. The Morgan fingerprint density at radius 1 is 1.12 bits per heavy atom. The first-order valence-corrected chi connectivity index (χ1v) is 8.44. The summed E-state index contributed by atoms with van der Waals surface area (Å²) in [5.41, 5.74) is 0.651. The van der Waals surface area contributed by atoms with Crippen LogP contribution >= 0.6 is 11.6 Å². The molecule has 26 heavy (non-hydrogen) atoms. The van der Waals surface area contributed by atoms with Crippen molar-refractivity contribution in [1.82, 2.24) is 5.32 Å². The molecule has 0 radical (unpaired) electrons. The van der Waals surface area contributed by atoms with Gasteiger partial charge in [-0.25, -0.2) is 0 Å². The highest BCUT2D eigenvalue weighted by molar-refractivity contribution is 6.31. The summed E-state index contributed by atoms with van der Waals surface area (Å²) in [6.07, 6.45) is 0. The number of amides is 2. The molecule has 0 aromatic heterocycles. The van der Waals surface area contributed by atoms with Gasteiger partial charge in [-0.1, -0.05) is 23.7 Å². The highest BCUT2D eigenvalue weighted by Gasteiger charge is 2.15. The van der Waals surface area contributed by atoms with Crippen LogP contribution in [0.3, 0.4) is 0 Å². The van der Waals surface area contributed by atoms with E-state index in [0.717, 1.165) is 0 Å². The van der Waals surface area contributed by atoms with Gasteiger partial charge in [-0.05, 0) is 44.2 Å². The Morgan fingerprint density at radius 3 is 2.46 bits per heavy atom. The molecule has 0 aliphatic heterocycles. The Hall–Kier alpha value is -2.73. The van der Waals surface area contributed by atoms with E-state index in [1.807, 2.05) is 13.8 Å². The fourth-order valence-electron chi connectivity index (χ4n) is 2.23. The van der Waals surface area contributed by atoms with E-state index in [-0.39, 0.29) is 18.6 Å². The third-order valence-corrected chi connectivity index (χ3v) is 3.58. The van der Waals surface area contributed by atoms with Gasteiger partial charge in [-0.3, -0.25) is 9.59 Å². The number of carbonyl (C=O) groups is 2. The molecule has 0 saturated carbocycles. The number of carbonyl (C=O) groups excluding carboxylic acids is 2. The number of benzene rings is 2. The molecule has 2 amide bonds. The second kappa shape index (κ2) is 9.10. The number of halogens is 1. The van der Waals surface area contributed by atoms with Crippen LogP contribution in [0.25, 0.3) is 0 Å². The van der Waals surface area contributed by atoms with Crippen molar-refractivity contribution in [3.05, 3.63) is 53.1 Å². The minimum atomic E-state index is -0.420. The van der Waals surface area contributed by atoms with Gasteiger partial charge in [0, 0.05) is 11.1 Å². The molecular weight excluding hydrogens is 356 g/mol. The van der Waals surface area contributed by atoms with E-state index in [1.54, 1.807) is 36.4 Å². The zero-order valence-electron chi connectivity index (χ0n) is 14.8. The quantitative estimate of drug-likeness (QED) is 0.775. The van der Waals surface area contributed by atoms with Gasteiger partial charge < -0.3 is 20.1 Å². The maximum Gasteiger partial charge on any atom is 0.262 e. The number of anilines is 1. The average molecular weight is 377 g/mol. The van der Waals surface area contributed by atoms with E-state index >= 15 is 0 Å². The second-order valence-electron chi connectivity index (χ2n) is 5.81. The van der Waals surface area contributed by atoms with Crippen molar-refractivity contribution in [1.29, 1.82) is 0 Å². The molecule has 2 N–H and O–H groups in total.